The average Bonchev–Trinajstić information content (AvgIpc) is 3.51. The lowest BCUT2D eigenvalue weighted by molar-refractivity contribution is -0.126. The van der Waals surface area contributed by atoms with Crippen LogP contribution in [-0.4, -0.2) is 45.0 Å². The van der Waals surface area contributed by atoms with Crippen LogP contribution < -0.4 is 0 Å². The zero-order valence-electron chi connectivity index (χ0n) is 21.9. The van der Waals surface area contributed by atoms with Gasteiger partial charge in [-0.05, 0) is 82.8 Å². The van der Waals surface area contributed by atoms with Gasteiger partial charge in [-0.3, -0.25) is 4.79 Å². The Morgan fingerprint density at radius 3 is 2.51 bits per heavy atom. The van der Waals surface area contributed by atoms with Crippen molar-refractivity contribution >= 4 is 57.3 Å². The Morgan fingerprint density at radius 2 is 1.90 bits per heavy atom. The van der Waals surface area contributed by atoms with Crippen LogP contribution in [0.15, 0.2) is 48.2 Å². The number of rotatable bonds is 8. The van der Waals surface area contributed by atoms with Crippen molar-refractivity contribution in [1.29, 1.82) is 5.26 Å². The van der Waals surface area contributed by atoms with E-state index in [1.165, 1.54) is 0 Å². The Balaban J connectivity index is 1.59. The Bertz CT molecular complexity index is 1470. The standard InChI is InChI=1S/C29H28Cl2IN5O2/c1-17(2)4-9-24-27(32)37(35-34-24)23-14-29(13-18-5-7-19(15-33)8-6-18)26(39-3)25(28(38)36(29)16-23)20-10-21(30)12-22(31)11-20/h5-8,10-12,17,23H,4,9,13-14,16H2,1-3H3/t23-,29?/m0/s1. The van der Waals surface area contributed by atoms with E-state index in [1.807, 2.05) is 21.7 Å². The fourth-order valence-electron chi connectivity index (χ4n) is 5.73. The lowest BCUT2D eigenvalue weighted by Crippen LogP contribution is -2.45. The van der Waals surface area contributed by atoms with E-state index in [0.29, 0.717) is 57.8 Å². The third-order valence-electron chi connectivity index (χ3n) is 7.53. The maximum atomic E-state index is 14.1. The molecule has 2 atom stereocenters. The number of fused-ring (bicyclic) bond motifs is 1. The third kappa shape index (κ3) is 5.17. The molecule has 1 aromatic heterocycles. The third-order valence-corrected chi connectivity index (χ3v) is 9.09. The smallest absolute Gasteiger partial charge is 0.258 e. The van der Waals surface area contributed by atoms with Crippen molar-refractivity contribution in [1.82, 2.24) is 19.9 Å². The van der Waals surface area contributed by atoms with Crippen LogP contribution in [0.4, 0.5) is 0 Å². The van der Waals surface area contributed by atoms with Gasteiger partial charge < -0.3 is 9.64 Å². The quantitative estimate of drug-likeness (QED) is 0.256. The van der Waals surface area contributed by atoms with Gasteiger partial charge in [-0.2, -0.15) is 5.26 Å². The maximum absolute atomic E-state index is 14.1. The summed E-state index contributed by atoms with van der Waals surface area (Å²) in [5, 5.41) is 19.2. The molecule has 5 rings (SSSR count). The number of hydrogen-bond donors (Lipinski definition) is 0. The van der Waals surface area contributed by atoms with Crippen LogP contribution in [0.5, 0.6) is 0 Å². The lowest BCUT2D eigenvalue weighted by Gasteiger charge is -2.34. The molecule has 1 fully saturated rings. The van der Waals surface area contributed by atoms with Crippen molar-refractivity contribution in [2.75, 3.05) is 13.7 Å². The number of aryl methyl sites for hydroxylation is 1. The van der Waals surface area contributed by atoms with Gasteiger partial charge in [-0.1, -0.05) is 54.4 Å². The Hall–Kier alpha value is -2.61. The summed E-state index contributed by atoms with van der Waals surface area (Å²) in [6.45, 7) is 4.86. The first-order valence-corrected chi connectivity index (χ1v) is 14.7. The predicted octanol–water partition coefficient (Wildman–Crippen LogP) is 6.48. The number of halogens is 3. The van der Waals surface area contributed by atoms with Crippen molar-refractivity contribution in [3.63, 3.8) is 0 Å². The predicted molar refractivity (Wildman–Crippen MR) is 159 cm³/mol. The van der Waals surface area contributed by atoms with E-state index in [0.717, 1.165) is 27.8 Å². The van der Waals surface area contributed by atoms with Crippen molar-refractivity contribution in [3.8, 4) is 6.07 Å². The molecular formula is C29H28Cl2IN5O2. The molecule has 0 radical (unpaired) electrons. The van der Waals surface area contributed by atoms with Crippen LogP contribution >= 0.6 is 45.8 Å². The minimum atomic E-state index is -0.748. The molecule has 39 heavy (non-hydrogen) atoms. The molecule has 0 bridgehead atoms. The summed E-state index contributed by atoms with van der Waals surface area (Å²) in [7, 11) is 1.61. The highest BCUT2D eigenvalue weighted by atomic mass is 127. The van der Waals surface area contributed by atoms with Crippen LogP contribution in [0.1, 0.15) is 55.1 Å². The average molecular weight is 676 g/mol. The zero-order chi connectivity index (χ0) is 27.9. The number of ether oxygens (including phenoxy) is 1. The number of amides is 1. The normalized spacial score (nSPS) is 20.6. The highest BCUT2D eigenvalue weighted by molar-refractivity contribution is 14.1. The van der Waals surface area contributed by atoms with E-state index in [9.17, 15) is 10.1 Å². The first kappa shape index (κ1) is 27.9. The number of methoxy groups -OCH3 is 1. The molecule has 1 saturated heterocycles. The van der Waals surface area contributed by atoms with E-state index >= 15 is 0 Å². The molecule has 1 unspecified atom stereocenters. The van der Waals surface area contributed by atoms with Gasteiger partial charge in [0.25, 0.3) is 5.91 Å². The SMILES string of the molecule is COC1=C(c2cc(Cl)cc(Cl)c2)C(=O)N2C[C@@H](n3nnc(CCC(C)C)c3I)CC12Cc1ccc(C#N)cc1. The first-order valence-electron chi connectivity index (χ1n) is 12.8. The first-order chi connectivity index (χ1) is 18.7. The molecule has 0 spiro atoms. The van der Waals surface area contributed by atoms with E-state index in [1.54, 1.807) is 37.4 Å². The van der Waals surface area contributed by atoms with Crippen LogP contribution in [0.2, 0.25) is 10.0 Å². The molecule has 0 aliphatic carbocycles. The van der Waals surface area contributed by atoms with Crippen molar-refractivity contribution in [2.24, 2.45) is 5.92 Å². The van der Waals surface area contributed by atoms with Crippen LogP contribution in [0, 0.1) is 20.9 Å². The second kappa shape index (κ2) is 11.1. The van der Waals surface area contributed by atoms with Crippen LogP contribution in [-0.2, 0) is 22.4 Å². The van der Waals surface area contributed by atoms with E-state index in [2.05, 4.69) is 52.8 Å². The molecule has 2 aliphatic rings. The minimum Gasteiger partial charge on any atom is -0.498 e. The molecule has 0 N–H and O–H groups in total. The molecular weight excluding hydrogens is 648 g/mol. The number of hydrogen-bond acceptors (Lipinski definition) is 5. The van der Waals surface area contributed by atoms with Gasteiger partial charge in [0.1, 0.15) is 15.0 Å². The monoisotopic (exact) mass is 675 g/mol. The maximum Gasteiger partial charge on any atom is 0.258 e. The minimum absolute atomic E-state index is 0.0748. The second-order valence-electron chi connectivity index (χ2n) is 10.6. The Morgan fingerprint density at radius 1 is 1.21 bits per heavy atom. The largest absolute Gasteiger partial charge is 0.498 e. The van der Waals surface area contributed by atoms with E-state index in [-0.39, 0.29) is 11.9 Å². The summed E-state index contributed by atoms with van der Waals surface area (Å²) < 4.78 is 9.05. The molecule has 202 valence electrons. The summed E-state index contributed by atoms with van der Waals surface area (Å²) in [4.78, 5) is 16.0. The number of aromatic nitrogens is 3. The van der Waals surface area contributed by atoms with Crippen molar-refractivity contribution < 1.29 is 9.53 Å². The van der Waals surface area contributed by atoms with Gasteiger partial charge in [-0.15, -0.1) is 5.10 Å². The molecule has 1 amide bonds. The number of carbonyl (C=O) groups excluding carboxylic acids is 1. The number of carbonyl (C=O) groups is 1. The Kier molecular flexibility index (Phi) is 7.96. The highest BCUT2D eigenvalue weighted by Gasteiger charge is 2.59. The Labute approximate surface area is 251 Å². The summed E-state index contributed by atoms with van der Waals surface area (Å²) >= 11 is 15.0. The molecule has 2 aromatic carbocycles. The highest BCUT2D eigenvalue weighted by Crippen LogP contribution is 2.52. The molecule has 3 aromatic rings. The van der Waals surface area contributed by atoms with Gasteiger partial charge >= 0.3 is 0 Å². The van der Waals surface area contributed by atoms with Crippen molar-refractivity contribution in [2.45, 2.75) is 51.1 Å². The number of benzene rings is 2. The number of nitriles is 1. The fourth-order valence-corrected chi connectivity index (χ4v) is 7.12. The van der Waals surface area contributed by atoms with Crippen LogP contribution in [0.3, 0.4) is 0 Å². The lowest BCUT2D eigenvalue weighted by atomic mass is 9.85. The molecule has 2 aliphatic heterocycles. The molecule has 7 nitrogen and oxygen atoms in total. The van der Waals surface area contributed by atoms with Gasteiger partial charge in [0, 0.05) is 29.4 Å². The van der Waals surface area contributed by atoms with Crippen molar-refractivity contribution in [3.05, 3.63) is 84.4 Å². The molecule has 10 heteroatoms. The number of nitrogens with zero attached hydrogens (tertiary/aromatic N) is 5. The fraction of sp³-hybridized carbons (Fsp3) is 0.379. The van der Waals surface area contributed by atoms with Gasteiger partial charge in [0.05, 0.1) is 36.1 Å². The van der Waals surface area contributed by atoms with E-state index in [4.69, 9.17) is 27.9 Å². The van der Waals surface area contributed by atoms with E-state index < -0.39 is 5.54 Å². The zero-order valence-corrected chi connectivity index (χ0v) is 25.6. The molecule has 3 heterocycles. The van der Waals surface area contributed by atoms with Gasteiger partial charge in [0.2, 0.25) is 0 Å². The van der Waals surface area contributed by atoms with Crippen LogP contribution in [0.25, 0.3) is 5.57 Å². The summed E-state index contributed by atoms with van der Waals surface area (Å²) in [5.41, 5.74) is 2.93. The summed E-state index contributed by atoms with van der Waals surface area (Å²) in [6, 6.07) is 14.7. The van der Waals surface area contributed by atoms with Gasteiger partial charge in [-0.25, -0.2) is 4.68 Å². The topological polar surface area (TPSA) is 84.0 Å². The second-order valence-corrected chi connectivity index (χ2v) is 12.5. The summed E-state index contributed by atoms with van der Waals surface area (Å²) in [6.07, 6.45) is 3.02. The summed E-state index contributed by atoms with van der Waals surface area (Å²) in [5.74, 6) is 1.04. The molecule has 0 saturated carbocycles. The van der Waals surface area contributed by atoms with Gasteiger partial charge in [0.15, 0.2) is 0 Å².